The standard InChI is InChI=1S/C21H33NO9Si2/c1-16(23)28-33(29-17(2)24,30-18(3)25)13-11-26-20-8-9-21-19(14-20)15-27-32(6,31-21)12-7-10-22(4)5/h8-9,14H,7,10-13,15H2,1-6H3. The van der Waals surface area contributed by atoms with Gasteiger partial charge in [0, 0.05) is 32.4 Å². The third-order valence-electron chi connectivity index (χ3n) is 4.70. The van der Waals surface area contributed by atoms with E-state index < -0.39 is 35.3 Å². The number of benzene rings is 1. The summed E-state index contributed by atoms with van der Waals surface area (Å²) < 4.78 is 33.6. The van der Waals surface area contributed by atoms with Gasteiger partial charge in [0.15, 0.2) is 0 Å². The highest BCUT2D eigenvalue weighted by Crippen LogP contribution is 2.34. The molecule has 10 nitrogen and oxygen atoms in total. The Labute approximate surface area is 196 Å². The lowest BCUT2D eigenvalue weighted by Crippen LogP contribution is -2.50. The van der Waals surface area contributed by atoms with Crippen molar-refractivity contribution in [2.75, 3.05) is 27.2 Å². The van der Waals surface area contributed by atoms with Crippen molar-refractivity contribution in [3.8, 4) is 11.5 Å². The van der Waals surface area contributed by atoms with Crippen molar-refractivity contribution in [1.29, 1.82) is 0 Å². The molecule has 12 heteroatoms. The zero-order valence-corrected chi connectivity index (χ0v) is 22.1. The van der Waals surface area contributed by atoms with Gasteiger partial charge in [-0.1, -0.05) is 0 Å². The number of fused-ring (bicyclic) bond motifs is 1. The molecule has 0 amide bonds. The lowest BCUT2D eigenvalue weighted by atomic mass is 10.2. The summed E-state index contributed by atoms with van der Waals surface area (Å²) in [6.45, 7) is 6.93. The van der Waals surface area contributed by atoms with Gasteiger partial charge >= 0.3 is 17.4 Å². The molecule has 0 saturated heterocycles. The van der Waals surface area contributed by atoms with Crippen molar-refractivity contribution in [2.45, 2.75) is 52.4 Å². The van der Waals surface area contributed by atoms with Crippen LogP contribution in [0.3, 0.4) is 0 Å². The fourth-order valence-corrected chi connectivity index (χ4v) is 7.68. The van der Waals surface area contributed by atoms with E-state index in [4.69, 9.17) is 26.9 Å². The Kier molecular flexibility index (Phi) is 9.46. The predicted octanol–water partition coefficient (Wildman–Crippen LogP) is 2.63. The third kappa shape index (κ3) is 8.80. The maximum absolute atomic E-state index is 11.5. The van der Waals surface area contributed by atoms with Crippen LogP contribution in [0.25, 0.3) is 0 Å². The number of ether oxygens (including phenoxy) is 1. The normalized spacial score (nSPS) is 17.5. The quantitative estimate of drug-likeness (QED) is 0.421. The van der Waals surface area contributed by atoms with E-state index in [1.54, 1.807) is 6.07 Å². The summed E-state index contributed by atoms with van der Waals surface area (Å²) in [4.78, 5) is 36.7. The first kappa shape index (κ1) is 26.8. The number of hydrogen-bond donors (Lipinski definition) is 0. The summed E-state index contributed by atoms with van der Waals surface area (Å²) in [6.07, 6.45) is 1.00. The molecule has 1 atom stereocenters. The lowest BCUT2D eigenvalue weighted by Gasteiger charge is -2.33. The number of nitrogens with zero attached hydrogens (tertiary/aromatic N) is 1. The summed E-state index contributed by atoms with van der Waals surface area (Å²) in [7, 11) is -2.12. The molecule has 0 bridgehead atoms. The molecule has 0 spiro atoms. The van der Waals surface area contributed by atoms with Crippen LogP contribution in [0.4, 0.5) is 0 Å². The molecule has 1 aromatic rings. The Hall–Kier alpha value is -2.42. The highest BCUT2D eigenvalue weighted by Gasteiger charge is 2.51. The topological polar surface area (TPSA) is 110 Å². The van der Waals surface area contributed by atoms with Crippen molar-refractivity contribution < 1.29 is 41.3 Å². The number of carbonyl (C=O) groups is 3. The number of carbonyl (C=O) groups excluding carboxylic acids is 3. The molecular formula is C21H33NO9Si2. The predicted molar refractivity (Wildman–Crippen MR) is 123 cm³/mol. The third-order valence-corrected chi connectivity index (χ3v) is 9.98. The van der Waals surface area contributed by atoms with Crippen LogP contribution in [0.15, 0.2) is 18.2 Å². The Morgan fingerprint density at radius 1 is 1.06 bits per heavy atom. The molecule has 0 N–H and O–H groups in total. The lowest BCUT2D eigenvalue weighted by molar-refractivity contribution is -0.147. The van der Waals surface area contributed by atoms with Crippen LogP contribution in [0.2, 0.25) is 18.6 Å². The smallest absolute Gasteiger partial charge is 0.520 e. The van der Waals surface area contributed by atoms with Crippen LogP contribution in [0.5, 0.6) is 11.5 Å². The first-order valence-electron chi connectivity index (χ1n) is 10.7. The van der Waals surface area contributed by atoms with Gasteiger partial charge in [-0.05, 0) is 51.8 Å². The average molecular weight is 500 g/mol. The first-order valence-corrected chi connectivity index (χ1v) is 15.2. The van der Waals surface area contributed by atoms with Gasteiger partial charge in [0.2, 0.25) is 0 Å². The Morgan fingerprint density at radius 3 is 2.21 bits per heavy atom. The van der Waals surface area contributed by atoms with Crippen LogP contribution in [0.1, 0.15) is 32.8 Å². The van der Waals surface area contributed by atoms with E-state index in [0.29, 0.717) is 12.4 Å². The molecule has 0 radical (unpaired) electrons. The summed E-state index contributed by atoms with van der Waals surface area (Å²) in [5.41, 5.74) is 0.869. The van der Waals surface area contributed by atoms with E-state index in [2.05, 4.69) is 11.4 Å². The number of rotatable bonds is 11. The summed E-state index contributed by atoms with van der Waals surface area (Å²) in [5.74, 6) is -0.827. The van der Waals surface area contributed by atoms with Crippen molar-refractivity contribution in [1.82, 2.24) is 4.90 Å². The molecule has 1 heterocycles. The van der Waals surface area contributed by atoms with E-state index in [-0.39, 0.29) is 12.7 Å². The van der Waals surface area contributed by atoms with Crippen molar-refractivity contribution in [3.63, 3.8) is 0 Å². The zero-order chi connectivity index (χ0) is 24.6. The molecule has 0 aromatic heterocycles. The average Bonchev–Trinajstić information content (AvgIpc) is 2.66. The fraction of sp³-hybridized carbons (Fsp3) is 0.571. The summed E-state index contributed by atoms with van der Waals surface area (Å²) in [6, 6.07) is 6.26. The molecule has 1 aromatic carbocycles. The SMILES string of the molecule is CC(=O)O[Si](CCOc1ccc2c(c1)CO[Si](C)(CCCN(C)C)O2)(OC(C)=O)OC(C)=O. The summed E-state index contributed by atoms with van der Waals surface area (Å²) >= 11 is 0. The van der Waals surface area contributed by atoms with Crippen LogP contribution in [0, 0.1) is 0 Å². The van der Waals surface area contributed by atoms with E-state index >= 15 is 0 Å². The molecule has 0 saturated carbocycles. The molecule has 184 valence electrons. The Bertz CT molecular complexity index is 823. The minimum absolute atomic E-state index is 0.00242. The van der Waals surface area contributed by atoms with Gasteiger partial charge in [-0.15, -0.1) is 0 Å². The molecule has 0 aliphatic carbocycles. The second-order valence-corrected chi connectivity index (χ2v) is 14.0. The van der Waals surface area contributed by atoms with Crippen LogP contribution in [-0.4, -0.2) is 67.4 Å². The molecule has 1 aliphatic heterocycles. The molecule has 2 rings (SSSR count). The van der Waals surface area contributed by atoms with Gasteiger partial charge in [0.05, 0.1) is 19.3 Å². The van der Waals surface area contributed by atoms with Gasteiger partial charge in [0.25, 0.3) is 17.9 Å². The minimum Gasteiger partial charge on any atom is -0.520 e. The zero-order valence-electron chi connectivity index (χ0n) is 20.1. The highest BCUT2D eigenvalue weighted by atomic mass is 28.4. The molecule has 1 aliphatic rings. The van der Waals surface area contributed by atoms with E-state index in [9.17, 15) is 14.4 Å². The van der Waals surface area contributed by atoms with Crippen LogP contribution < -0.4 is 9.16 Å². The van der Waals surface area contributed by atoms with Gasteiger partial charge in [-0.2, -0.15) is 0 Å². The van der Waals surface area contributed by atoms with Gasteiger partial charge < -0.3 is 31.8 Å². The minimum atomic E-state index is -3.93. The van der Waals surface area contributed by atoms with Gasteiger partial charge in [-0.3, -0.25) is 14.4 Å². The first-order chi connectivity index (χ1) is 15.4. The highest BCUT2D eigenvalue weighted by molar-refractivity contribution is 6.67. The van der Waals surface area contributed by atoms with E-state index in [0.717, 1.165) is 51.1 Å². The van der Waals surface area contributed by atoms with E-state index in [1.165, 1.54) is 0 Å². The van der Waals surface area contributed by atoms with Crippen molar-refractivity contribution in [2.24, 2.45) is 0 Å². The van der Waals surface area contributed by atoms with Gasteiger partial charge in [0.1, 0.15) is 11.5 Å². The molecular weight excluding hydrogens is 466 g/mol. The molecule has 0 fully saturated rings. The molecule has 1 unspecified atom stereocenters. The van der Waals surface area contributed by atoms with Crippen LogP contribution in [-0.2, 0) is 38.7 Å². The van der Waals surface area contributed by atoms with E-state index in [1.807, 2.05) is 26.2 Å². The second kappa shape index (κ2) is 11.6. The Morgan fingerprint density at radius 2 is 1.67 bits per heavy atom. The maximum Gasteiger partial charge on any atom is 0.708 e. The van der Waals surface area contributed by atoms with Crippen molar-refractivity contribution in [3.05, 3.63) is 23.8 Å². The fourth-order valence-electron chi connectivity index (χ4n) is 3.36. The summed E-state index contributed by atoms with van der Waals surface area (Å²) in [5, 5.41) is 0. The van der Waals surface area contributed by atoms with Gasteiger partial charge in [-0.25, -0.2) is 0 Å². The number of hydrogen-bond acceptors (Lipinski definition) is 10. The van der Waals surface area contributed by atoms with Crippen molar-refractivity contribution >= 4 is 35.3 Å². The largest absolute Gasteiger partial charge is 0.708 e. The monoisotopic (exact) mass is 499 g/mol. The maximum atomic E-state index is 11.5. The Balaban J connectivity index is 2.02. The molecule has 33 heavy (non-hydrogen) atoms. The second-order valence-electron chi connectivity index (χ2n) is 8.26. The van der Waals surface area contributed by atoms with Crippen LogP contribution >= 0.6 is 0 Å².